The summed E-state index contributed by atoms with van der Waals surface area (Å²) in [5.41, 5.74) is 4.37. The first-order valence-corrected chi connectivity index (χ1v) is 18.5. The normalized spacial score (nSPS) is 20.8. The predicted molar refractivity (Wildman–Crippen MR) is 195 cm³/mol. The van der Waals surface area contributed by atoms with Gasteiger partial charge in [-0.05, 0) is 47.4 Å². The van der Waals surface area contributed by atoms with Crippen LogP contribution >= 0.6 is 0 Å². The van der Waals surface area contributed by atoms with Crippen molar-refractivity contribution >= 4 is 20.9 Å². The summed E-state index contributed by atoms with van der Waals surface area (Å²) in [5.74, 6) is 0. The highest BCUT2D eigenvalue weighted by molar-refractivity contribution is 7.90. The Morgan fingerprint density at radius 1 is 0.647 bits per heavy atom. The molecule has 5 atom stereocenters. The molecule has 2 heterocycles. The molecule has 0 bridgehead atoms. The standard InChI is InChI=1S/C42H41NO7S/c1-30-35-24-14-15-25-36(35)43(51(45,46)34-22-12-5-13-23-34)38(30)41-39(44)42(49-28-33-20-10-4-11-21-33)40(48-27-32-18-8-3-9-19-32)37(50-41)29-47-26-31-16-6-2-7-17-31/h2-25,37,39-42,44H,26-29H2,1H3/t37-,39-,40-,41-,42-/m0/s1. The lowest BCUT2D eigenvalue weighted by molar-refractivity contribution is -0.264. The number of ether oxygens (including phenoxy) is 4. The zero-order chi connectivity index (χ0) is 35.2. The first-order valence-electron chi connectivity index (χ1n) is 17.1. The fourth-order valence-electron chi connectivity index (χ4n) is 6.75. The van der Waals surface area contributed by atoms with Crippen LogP contribution < -0.4 is 0 Å². The van der Waals surface area contributed by atoms with Crippen molar-refractivity contribution in [1.29, 1.82) is 0 Å². The Kier molecular flexibility index (Phi) is 10.7. The van der Waals surface area contributed by atoms with Gasteiger partial charge in [-0.1, -0.05) is 127 Å². The fraction of sp³-hybridized carbons (Fsp3) is 0.238. The molecule has 51 heavy (non-hydrogen) atoms. The second kappa shape index (κ2) is 15.7. The lowest BCUT2D eigenvalue weighted by atomic mass is 9.91. The number of para-hydroxylation sites is 1. The molecule has 7 rings (SSSR count). The smallest absolute Gasteiger partial charge is 0.268 e. The number of aliphatic hydroxyl groups is 1. The molecule has 9 heteroatoms. The monoisotopic (exact) mass is 703 g/mol. The van der Waals surface area contributed by atoms with E-state index in [1.54, 1.807) is 42.5 Å². The molecule has 8 nitrogen and oxygen atoms in total. The molecule has 1 aliphatic rings. The van der Waals surface area contributed by atoms with Gasteiger partial charge in [0, 0.05) is 5.39 Å². The number of fused-ring (bicyclic) bond motifs is 1. The third-order valence-corrected chi connectivity index (χ3v) is 11.0. The van der Waals surface area contributed by atoms with Crippen LogP contribution in [-0.4, -0.2) is 48.5 Å². The fourth-order valence-corrected chi connectivity index (χ4v) is 8.38. The van der Waals surface area contributed by atoms with Crippen LogP contribution in [0.4, 0.5) is 0 Å². The highest BCUT2D eigenvalue weighted by atomic mass is 32.2. The van der Waals surface area contributed by atoms with E-state index < -0.39 is 40.5 Å². The minimum absolute atomic E-state index is 0.105. The van der Waals surface area contributed by atoms with Crippen molar-refractivity contribution < 1.29 is 32.5 Å². The topological polar surface area (TPSA) is 96.2 Å². The molecule has 0 unspecified atom stereocenters. The molecule has 1 N–H and O–H groups in total. The summed E-state index contributed by atoms with van der Waals surface area (Å²) in [7, 11) is -4.13. The second-order valence-corrected chi connectivity index (χ2v) is 14.5. The largest absolute Gasteiger partial charge is 0.387 e. The Labute approximate surface area is 298 Å². The maximum Gasteiger partial charge on any atom is 0.268 e. The zero-order valence-corrected chi connectivity index (χ0v) is 29.1. The highest BCUT2D eigenvalue weighted by Gasteiger charge is 2.49. The molecule has 1 aliphatic heterocycles. The second-order valence-electron chi connectivity index (χ2n) is 12.7. The summed E-state index contributed by atoms with van der Waals surface area (Å²) >= 11 is 0. The Morgan fingerprint density at radius 3 is 1.73 bits per heavy atom. The van der Waals surface area contributed by atoms with Gasteiger partial charge in [0.25, 0.3) is 10.0 Å². The number of hydrogen-bond donors (Lipinski definition) is 1. The molecule has 1 aromatic heterocycles. The summed E-state index contributed by atoms with van der Waals surface area (Å²) in [4.78, 5) is 0.126. The average Bonchev–Trinajstić information content (AvgIpc) is 3.48. The van der Waals surface area contributed by atoms with Gasteiger partial charge in [-0.2, -0.15) is 0 Å². The summed E-state index contributed by atoms with van der Waals surface area (Å²) in [6.45, 7) is 2.74. The molecule has 1 fully saturated rings. The third-order valence-electron chi connectivity index (χ3n) is 9.30. The van der Waals surface area contributed by atoms with E-state index in [9.17, 15) is 13.5 Å². The van der Waals surface area contributed by atoms with Crippen LogP contribution in [0.5, 0.6) is 0 Å². The van der Waals surface area contributed by atoms with Crippen molar-refractivity contribution in [2.75, 3.05) is 6.61 Å². The van der Waals surface area contributed by atoms with Crippen molar-refractivity contribution in [3.8, 4) is 0 Å². The van der Waals surface area contributed by atoms with Gasteiger partial charge in [-0.15, -0.1) is 0 Å². The zero-order valence-electron chi connectivity index (χ0n) is 28.3. The maximum atomic E-state index is 14.5. The van der Waals surface area contributed by atoms with Crippen molar-refractivity contribution in [2.24, 2.45) is 0 Å². The molecular weight excluding hydrogens is 663 g/mol. The van der Waals surface area contributed by atoms with E-state index in [2.05, 4.69) is 0 Å². The van der Waals surface area contributed by atoms with Crippen molar-refractivity contribution in [2.45, 2.75) is 62.2 Å². The van der Waals surface area contributed by atoms with Gasteiger partial charge in [0.2, 0.25) is 0 Å². The van der Waals surface area contributed by atoms with E-state index in [-0.39, 0.29) is 24.7 Å². The van der Waals surface area contributed by atoms with E-state index in [0.717, 1.165) is 22.1 Å². The number of hydrogen-bond acceptors (Lipinski definition) is 7. The van der Waals surface area contributed by atoms with Crippen molar-refractivity contribution in [3.05, 3.63) is 174 Å². The summed E-state index contributed by atoms with van der Waals surface area (Å²) in [5, 5.41) is 13.1. The minimum Gasteiger partial charge on any atom is -0.387 e. The third kappa shape index (κ3) is 7.55. The molecule has 0 amide bonds. The SMILES string of the molecule is Cc1c([C@@H]2O[C@@H](COCc3ccccc3)[C@H](OCc3ccccc3)[C@@H](OCc3ccccc3)[C@H]2O)n(S(=O)(=O)c2ccccc2)c2ccccc12. The molecule has 0 aliphatic carbocycles. The number of aryl methyl sites for hydroxylation is 1. The Hall–Kier alpha value is -4.61. The van der Waals surface area contributed by atoms with Crippen LogP contribution in [-0.2, 0) is 48.8 Å². The first kappa shape index (κ1) is 34.8. The number of aliphatic hydroxyl groups excluding tert-OH is 1. The molecule has 5 aromatic carbocycles. The van der Waals surface area contributed by atoms with Crippen molar-refractivity contribution in [3.63, 3.8) is 0 Å². The van der Waals surface area contributed by atoms with Gasteiger partial charge in [0.15, 0.2) is 0 Å². The van der Waals surface area contributed by atoms with Gasteiger partial charge < -0.3 is 24.1 Å². The molecule has 0 spiro atoms. The van der Waals surface area contributed by atoms with E-state index in [0.29, 0.717) is 23.4 Å². The number of rotatable bonds is 13. The van der Waals surface area contributed by atoms with E-state index in [1.165, 1.54) is 3.97 Å². The van der Waals surface area contributed by atoms with Gasteiger partial charge in [0.1, 0.15) is 30.5 Å². The average molecular weight is 704 g/mol. The van der Waals surface area contributed by atoms with Crippen molar-refractivity contribution in [1.82, 2.24) is 3.97 Å². The van der Waals surface area contributed by atoms with Crippen LogP contribution in [0.3, 0.4) is 0 Å². The molecule has 262 valence electrons. The molecule has 1 saturated heterocycles. The summed E-state index contributed by atoms with van der Waals surface area (Å²) in [6.07, 6.45) is -4.84. The van der Waals surface area contributed by atoms with Gasteiger partial charge in [-0.3, -0.25) is 0 Å². The Balaban J connectivity index is 1.31. The van der Waals surface area contributed by atoms with E-state index in [4.69, 9.17) is 18.9 Å². The summed E-state index contributed by atoms with van der Waals surface area (Å²) < 4.78 is 56.6. The van der Waals surface area contributed by atoms with Crippen LogP contribution in [0.15, 0.2) is 150 Å². The van der Waals surface area contributed by atoms with Crippen LogP contribution in [0, 0.1) is 6.92 Å². The predicted octanol–water partition coefficient (Wildman–Crippen LogP) is 7.38. The Bertz CT molecular complexity index is 2120. The molecule has 0 radical (unpaired) electrons. The van der Waals surface area contributed by atoms with Crippen LogP contribution in [0.2, 0.25) is 0 Å². The van der Waals surface area contributed by atoms with Gasteiger partial charge in [0.05, 0.1) is 42.5 Å². The maximum absolute atomic E-state index is 14.5. The number of aromatic nitrogens is 1. The molecule has 0 saturated carbocycles. The number of nitrogens with zero attached hydrogens (tertiary/aromatic N) is 1. The molecule has 6 aromatic rings. The quantitative estimate of drug-likeness (QED) is 0.134. The lowest BCUT2D eigenvalue weighted by Crippen LogP contribution is -2.58. The minimum atomic E-state index is -4.13. The highest BCUT2D eigenvalue weighted by Crippen LogP contribution is 2.42. The van der Waals surface area contributed by atoms with E-state index in [1.807, 2.05) is 110 Å². The number of benzene rings is 5. The van der Waals surface area contributed by atoms with E-state index >= 15 is 0 Å². The van der Waals surface area contributed by atoms with Crippen LogP contribution in [0.1, 0.15) is 34.1 Å². The van der Waals surface area contributed by atoms with Gasteiger partial charge >= 0.3 is 0 Å². The summed E-state index contributed by atoms with van der Waals surface area (Å²) in [6, 6.07) is 45.0. The molecular formula is C42H41NO7S. The van der Waals surface area contributed by atoms with Crippen LogP contribution in [0.25, 0.3) is 10.9 Å². The lowest BCUT2D eigenvalue weighted by Gasteiger charge is -2.45. The van der Waals surface area contributed by atoms with Gasteiger partial charge in [-0.25, -0.2) is 12.4 Å². The first-order chi connectivity index (χ1) is 24.9. The Morgan fingerprint density at radius 2 is 1.14 bits per heavy atom.